The lowest BCUT2D eigenvalue weighted by molar-refractivity contribution is 0.483. The van der Waals surface area contributed by atoms with Crippen molar-refractivity contribution in [2.45, 2.75) is 19.5 Å². The van der Waals surface area contributed by atoms with Gasteiger partial charge in [0.2, 0.25) is 0 Å². The lowest BCUT2D eigenvalue weighted by Gasteiger charge is -2.33. The fourth-order valence-corrected chi connectivity index (χ4v) is 2.35. The highest BCUT2D eigenvalue weighted by Crippen LogP contribution is 2.21. The molecule has 1 N–H and O–H groups in total. The van der Waals surface area contributed by atoms with Gasteiger partial charge in [0.05, 0.1) is 18.4 Å². The first kappa shape index (κ1) is 13.1. The molecule has 0 amide bonds. The average Bonchev–Trinajstić information content (AvgIpc) is 2.35. The molecular formula is C12H17ClN4O. The smallest absolute Gasteiger partial charge is 0.287 e. The van der Waals surface area contributed by atoms with Crippen molar-refractivity contribution in [1.82, 2.24) is 15.1 Å². The fraction of sp³-hybridized carbons (Fsp3) is 0.500. The predicted molar refractivity (Wildman–Crippen MR) is 73.4 cm³/mol. The van der Waals surface area contributed by atoms with Gasteiger partial charge in [-0.05, 0) is 6.92 Å². The van der Waals surface area contributed by atoms with Crippen LogP contribution >= 0.6 is 11.6 Å². The summed E-state index contributed by atoms with van der Waals surface area (Å²) in [7, 11) is 0. The third-order valence-corrected chi connectivity index (χ3v) is 3.33. The van der Waals surface area contributed by atoms with E-state index in [4.69, 9.17) is 11.6 Å². The van der Waals surface area contributed by atoms with E-state index in [9.17, 15) is 4.79 Å². The van der Waals surface area contributed by atoms with Crippen molar-refractivity contribution in [3.05, 3.63) is 34.2 Å². The third-order valence-electron chi connectivity index (χ3n) is 2.98. The lowest BCUT2D eigenvalue weighted by Crippen LogP contribution is -2.49. The van der Waals surface area contributed by atoms with Crippen LogP contribution in [0, 0.1) is 0 Å². The molecule has 1 saturated heterocycles. The SMILES string of the molecule is C=CCn1ncc(N2CCN[C@H](C)C2)c(Cl)c1=O. The molecule has 0 aromatic carbocycles. The number of allylic oxidation sites excluding steroid dienone is 1. The number of halogens is 1. The minimum atomic E-state index is -0.264. The summed E-state index contributed by atoms with van der Waals surface area (Å²) in [5.41, 5.74) is 0.454. The number of piperazine rings is 1. The molecule has 1 fully saturated rings. The number of hydrogen-bond acceptors (Lipinski definition) is 4. The summed E-state index contributed by atoms with van der Waals surface area (Å²) in [6, 6.07) is 0.380. The van der Waals surface area contributed by atoms with Gasteiger partial charge < -0.3 is 10.2 Å². The highest BCUT2D eigenvalue weighted by atomic mass is 35.5. The van der Waals surface area contributed by atoms with Crippen LogP contribution in [0.15, 0.2) is 23.6 Å². The molecule has 1 aliphatic rings. The van der Waals surface area contributed by atoms with E-state index in [0.29, 0.717) is 12.6 Å². The molecule has 6 heteroatoms. The van der Waals surface area contributed by atoms with Crippen molar-refractivity contribution >= 4 is 17.3 Å². The molecule has 0 unspecified atom stereocenters. The van der Waals surface area contributed by atoms with Crippen LogP contribution < -0.4 is 15.8 Å². The van der Waals surface area contributed by atoms with E-state index in [1.165, 1.54) is 4.68 Å². The van der Waals surface area contributed by atoms with Crippen molar-refractivity contribution in [3.63, 3.8) is 0 Å². The molecule has 0 radical (unpaired) electrons. The molecule has 2 heterocycles. The van der Waals surface area contributed by atoms with Crippen molar-refractivity contribution in [3.8, 4) is 0 Å². The number of aromatic nitrogens is 2. The summed E-state index contributed by atoms with van der Waals surface area (Å²) in [6.07, 6.45) is 3.28. The molecular weight excluding hydrogens is 252 g/mol. The van der Waals surface area contributed by atoms with E-state index in [0.717, 1.165) is 25.3 Å². The average molecular weight is 269 g/mol. The van der Waals surface area contributed by atoms with Crippen LogP contribution in [0.25, 0.3) is 0 Å². The van der Waals surface area contributed by atoms with Gasteiger partial charge in [0.1, 0.15) is 5.02 Å². The standard InChI is InChI=1S/C12H17ClN4O/c1-3-5-17-12(18)11(13)10(7-15-17)16-6-4-14-9(2)8-16/h3,7,9,14H,1,4-6,8H2,2H3/t9-/m1/s1. The van der Waals surface area contributed by atoms with Gasteiger partial charge in [0, 0.05) is 25.7 Å². The van der Waals surface area contributed by atoms with Crippen LogP contribution in [0.5, 0.6) is 0 Å². The molecule has 1 atom stereocenters. The zero-order chi connectivity index (χ0) is 13.1. The normalized spacial score (nSPS) is 19.9. The first-order valence-electron chi connectivity index (χ1n) is 5.98. The Balaban J connectivity index is 2.31. The maximum atomic E-state index is 12.0. The number of rotatable bonds is 3. The van der Waals surface area contributed by atoms with Crippen molar-refractivity contribution < 1.29 is 0 Å². The molecule has 1 aliphatic heterocycles. The number of anilines is 1. The van der Waals surface area contributed by atoms with Crippen molar-refractivity contribution in [2.24, 2.45) is 0 Å². The first-order valence-corrected chi connectivity index (χ1v) is 6.36. The molecule has 5 nitrogen and oxygen atoms in total. The van der Waals surface area contributed by atoms with E-state index in [1.54, 1.807) is 12.3 Å². The number of nitrogens with zero attached hydrogens (tertiary/aromatic N) is 3. The van der Waals surface area contributed by atoms with Gasteiger partial charge in [0.25, 0.3) is 5.56 Å². The zero-order valence-electron chi connectivity index (χ0n) is 10.4. The highest BCUT2D eigenvalue weighted by molar-refractivity contribution is 6.33. The van der Waals surface area contributed by atoms with Gasteiger partial charge in [-0.1, -0.05) is 17.7 Å². The Kier molecular flexibility index (Phi) is 4.04. The molecule has 98 valence electrons. The third kappa shape index (κ3) is 2.57. The number of nitrogens with one attached hydrogen (secondary N) is 1. The molecule has 0 aliphatic carbocycles. The van der Waals surface area contributed by atoms with Gasteiger partial charge in [-0.25, -0.2) is 4.68 Å². The Morgan fingerprint density at radius 3 is 3.17 bits per heavy atom. The molecule has 0 saturated carbocycles. The van der Waals surface area contributed by atoms with Crippen molar-refractivity contribution in [1.29, 1.82) is 0 Å². The topological polar surface area (TPSA) is 50.2 Å². The Labute approximate surface area is 111 Å². The van der Waals surface area contributed by atoms with Gasteiger partial charge in [-0.15, -0.1) is 6.58 Å². The molecule has 1 aromatic heterocycles. The second kappa shape index (κ2) is 5.54. The summed E-state index contributed by atoms with van der Waals surface area (Å²) in [6.45, 7) is 8.60. The van der Waals surface area contributed by atoms with E-state index in [2.05, 4.69) is 28.8 Å². The summed E-state index contributed by atoms with van der Waals surface area (Å²) in [5, 5.41) is 7.70. The van der Waals surface area contributed by atoms with Crippen LogP contribution in [-0.2, 0) is 6.54 Å². The van der Waals surface area contributed by atoms with Gasteiger partial charge >= 0.3 is 0 Å². The van der Waals surface area contributed by atoms with Gasteiger partial charge in [0.15, 0.2) is 0 Å². The second-order valence-corrected chi connectivity index (χ2v) is 4.80. The van der Waals surface area contributed by atoms with E-state index >= 15 is 0 Å². The molecule has 18 heavy (non-hydrogen) atoms. The summed E-state index contributed by atoms with van der Waals surface area (Å²) in [5.74, 6) is 0. The Morgan fingerprint density at radius 1 is 1.72 bits per heavy atom. The van der Waals surface area contributed by atoms with Crippen LogP contribution in [0.3, 0.4) is 0 Å². The maximum absolute atomic E-state index is 12.0. The minimum absolute atomic E-state index is 0.237. The summed E-state index contributed by atoms with van der Waals surface area (Å²) < 4.78 is 1.31. The highest BCUT2D eigenvalue weighted by Gasteiger charge is 2.20. The van der Waals surface area contributed by atoms with E-state index < -0.39 is 0 Å². The van der Waals surface area contributed by atoms with Gasteiger partial charge in [-0.3, -0.25) is 4.79 Å². The summed E-state index contributed by atoms with van der Waals surface area (Å²) >= 11 is 6.15. The molecule has 0 spiro atoms. The molecule has 0 bridgehead atoms. The van der Waals surface area contributed by atoms with Crippen LogP contribution in [0.2, 0.25) is 5.02 Å². The van der Waals surface area contributed by atoms with Crippen LogP contribution in [0.1, 0.15) is 6.92 Å². The van der Waals surface area contributed by atoms with E-state index in [1.807, 2.05) is 0 Å². The minimum Gasteiger partial charge on any atom is -0.366 e. The second-order valence-electron chi connectivity index (χ2n) is 4.42. The quantitative estimate of drug-likeness (QED) is 0.827. The van der Waals surface area contributed by atoms with Crippen molar-refractivity contribution in [2.75, 3.05) is 24.5 Å². The van der Waals surface area contributed by atoms with Crippen LogP contribution in [-0.4, -0.2) is 35.5 Å². The van der Waals surface area contributed by atoms with E-state index in [-0.39, 0.29) is 10.6 Å². The van der Waals surface area contributed by atoms with Gasteiger partial charge in [-0.2, -0.15) is 5.10 Å². The monoisotopic (exact) mass is 268 g/mol. The molecule has 1 aromatic rings. The zero-order valence-corrected chi connectivity index (χ0v) is 11.2. The first-order chi connectivity index (χ1) is 8.63. The fourth-order valence-electron chi connectivity index (χ4n) is 2.08. The number of hydrogen-bond donors (Lipinski definition) is 1. The Morgan fingerprint density at radius 2 is 2.50 bits per heavy atom. The lowest BCUT2D eigenvalue weighted by atomic mass is 10.2. The predicted octanol–water partition coefficient (Wildman–Crippen LogP) is 0.881. The molecule has 2 rings (SSSR count). The maximum Gasteiger partial charge on any atom is 0.287 e. The van der Waals surface area contributed by atoms with Crippen LogP contribution in [0.4, 0.5) is 5.69 Å². The summed E-state index contributed by atoms with van der Waals surface area (Å²) in [4.78, 5) is 14.1. The largest absolute Gasteiger partial charge is 0.366 e. The Bertz CT molecular complexity index is 499. The Hall–Kier alpha value is -1.33.